The third kappa shape index (κ3) is 2.42. The number of nitrogens with zero attached hydrogens (tertiary/aromatic N) is 4. The molecule has 0 amide bonds. The van der Waals surface area contributed by atoms with Gasteiger partial charge in [0.15, 0.2) is 5.82 Å². The van der Waals surface area contributed by atoms with Gasteiger partial charge >= 0.3 is 0 Å². The zero-order valence-electron chi connectivity index (χ0n) is 12.3. The van der Waals surface area contributed by atoms with Crippen LogP contribution in [0.15, 0.2) is 59.9 Å². The van der Waals surface area contributed by atoms with Gasteiger partial charge in [-0.15, -0.1) is 22.0 Å². The summed E-state index contributed by atoms with van der Waals surface area (Å²) in [5, 5.41) is 10.0. The van der Waals surface area contributed by atoms with Crippen molar-refractivity contribution in [3.05, 3.63) is 70.7 Å². The number of benzene rings is 2. The number of rotatable bonds is 2. The molecular formula is C17H13ClN4S. The number of aromatic nitrogens is 3. The van der Waals surface area contributed by atoms with Crippen LogP contribution in [-0.4, -0.2) is 21.0 Å². The lowest BCUT2D eigenvalue weighted by Gasteiger charge is -2.27. The Balaban J connectivity index is 2.04. The van der Waals surface area contributed by atoms with Crippen LogP contribution in [0.25, 0.3) is 11.8 Å². The molecule has 0 spiro atoms. The van der Waals surface area contributed by atoms with Crippen molar-refractivity contribution in [1.82, 2.24) is 14.8 Å². The monoisotopic (exact) mass is 340 g/mol. The van der Waals surface area contributed by atoms with E-state index in [9.17, 15) is 0 Å². The minimum atomic E-state index is 0.696. The zero-order chi connectivity index (χ0) is 15.8. The van der Waals surface area contributed by atoms with Gasteiger partial charge in [-0.25, -0.2) is 0 Å². The standard InChI is InChI=1S/C17H13ClN4S/c1-23-17-10-16-20-19-11-21(16)14-8-7-12(18)9-15(14)22(17)13-5-3-2-4-6-13/h2-11H,1H3. The van der Waals surface area contributed by atoms with Crippen molar-refractivity contribution in [2.24, 2.45) is 0 Å². The van der Waals surface area contributed by atoms with Crippen LogP contribution < -0.4 is 4.90 Å². The Bertz CT molecular complexity index is 889. The van der Waals surface area contributed by atoms with Crippen LogP contribution in [0.3, 0.4) is 0 Å². The Morgan fingerprint density at radius 1 is 1.04 bits per heavy atom. The van der Waals surface area contributed by atoms with Crippen LogP contribution in [0.4, 0.5) is 11.4 Å². The molecule has 6 heteroatoms. The molecule has 4 nitrogen and oxygen atoms in total. The van der Waals surface area contributed by atoms with Crippen molar-refractivity contribution < 1.29 is 0 Å². The van der Waals surface area contributed by atoms with Crippen molar-refractivity contribution >= 4 is 40.8 Å². The quantitative estimate of drug-likeness (QED) is 0.675. The Morgan fingerprint density at radius 2 is 1.87 bits per heavy atom. The van der Waals surface area contributed by atoms with Crippen molar-refractivity contribution in [1.29, 1.82) is 0 Å². The number of para-hydroxylation sites is 1. The average Bonchev–Trinajstić information content (AvgIpc) is 2.99. The summed E-state index contributed by atoms with van der Waals surface area (Å²) >= 11 is 7.94. The smallest absolute Gasteiger partial charge is 0.163 e. The molecule has 1 aliphatic heterocycles. The highest BCUT2D eigenvalue weighted by molar-refractivity contribution is 8.02. The highest BCUT2D eigenvalue weighted by Gasteiger charge is 2.23. The van der Waals surface area contributed by atoms with E-state index in [-0.39, 0.29) is 0 Å². The van der Waals surface area contributed by atoms with Gasteiger partial charge in [-0.1, -0.05) is 29.8 Å². The molecule has 0 saturated carbocycles. The summed E-state index contributed by atoms with van der Waals surface area (Å²) in [5.74, 6) is 0.802. The van der Waals surface area contributed by atoms with Gasteiger partial charge in [-0.3, -0.25) is 4.57 Å². The van der Waals surface area contributed by atoms with Crippen molar-refractivity contribution in [2.45, 2.75) is 0 Å². The first-order chi connectivity index (χ1) is 11.3. The van der Waals surface area contributed by atoms with Gasteiger partial charge in [-0.05, 0) is 36.6 Å². The molecule has 0 atom stereocenters. The van der Waals surface area contributed by atoms with Gasteiger partial charge in [0.2, 0.25) is 0 Å². The Hall–Kier alpha value is -2.24. The summed E-state index contributed by atoms with van der Waals surface area (Å²) in [5.41, 5.74) is 3.08. The molecule has 0 unspecified atom stereocenters. The maximum Gasteiger partial charge on any atom is 0.163 e. The Labute approximate surface area is 143 Å². The maximum atomic E-state index is 6.28. The highest BCUT2D eigenvalue weighted by atomic mass is 35.5. The van der Waals surface area contributed by atoms with Gasteiger partial charge in [0, 0.05) is 16.8 Å². The second-order valence-corrected chi connectivity index (χ2v) is 6.31. The second kappa shape index (κ2) is 5.76. The lowest BCUT2D eigenvalue weighted by atomic mass is 10.2. The van der Waals surface area contributed by atoms with Gasteiger partial charge in [-0.2, -0.15) is 0 Å². The molecule has 1 aromatic heterocycles. The zero-order valence-corrected chi connectivity index (χ0v) is 13.9. The molecule has 0 bridgehead atoms. The Kier molecular flexibility index (Phi) is 3.59. The molecule has 4 rings (SSSR count). The molecule has 0 saturated heterocycles. The van der Waals surface area contributed by atoms with E-state index < -0.39 is 0 Å². The molecule has 0 aliphatic carbocycles. The SMILES string of the molecule is CSC1=Cc2nncn2-c2ccc(Cl)cc2N1c1ccccc1. The fraction of sp³-hybridized carbons (Fsp3) is 0.0588. The van der Waals surface area contributed by atoms with Crippen molar-refractivity contribution in [2.75, 3.05) is 11.2 Å². The predicted molar refractivity (Wildman–Crippen MR) is 96.4 cm³/mol. The third-order valence-electron chi connectivity index (χ3n) is 3.71. The van der Waals surface area contributed by atoms with E-state index in [0.29, 0.717) is 5.02 Å². The average molecular weight is 341 g/mol. The van der Waals surface area contributed by atoms with Crippen LogP contribution >= 0.6 is 23.4 Å². The van der Waals surface area contributed by atoms with Gasteiger partial charge < -0.3 is 4.90 Å². The number of halogens is 1. The summed E-state index contributed by atoms with van der Waals surface area (Å²) in [7, 11) is 0. The van der Waals surface area contributed by atoms with Crippen LogP contribution in [0.2, 0.25) is 5.02 Å². The van der Waals surface area contributed by atoms with Crippen LogP contribution in [0, 0.1) is 0 Å². The minimum Gasteiger partial charge on any atom is -0.303 e. The molecule has 0 radical (unpaired) electrons. The molecule has 3 aromatic rings. The number of fused-ring (bicyclic) bond motifs is 3. The van der Waals surface area contributed by atoms with E-state index >= 15 is 0 Å². The predicted octanol–water partition coefficient (Wildman–Crippen LogP) is 4.73. The number of hydrogen-bond donors (Lipinski definition) is 0. The van der Waals surface area contributed by atoms with Gasteiger partial charge in [0.05, 0.1) is 16.4 Å². The Morgan fingerprint density at radius 3 is 2.65 bits per heavy atom. The minimum absolute atomic E-state index is 0.696. The second-order valence-electron chi connectivity index (χ2n) is 5.05. The van der Waals surface area contributed by atoms with Crippen LogP contribution in [0.5, 0.6) is 0 Å². The van der Waals surface area contributed by atoms with E-state index in [1.54, 1.807) is 18.1 Å². The number of thioether (sulfide) groups is 1. The molecule has 1 aliphatic rings. The van der Waals surface area contributed by atoms with E-state index in [2.05, 4.69) is 33.5 Å². The fourth-order valence-corrected chi connectivity index (χ4v) is 3.47. The fourth-order valence-electron chi connectivity index (χ4n) is 2.69. The third-order valence-corrected chi connectivity index (χ3v) is 4.66. The first-order valence-electron chi connectivity index (χ1n) is 7.09. The van der Waals surface area contributed by atoms with E-state index in [1.807, 2.05) is 47.0 Å². The van der Waals surface area contributed by atoms with Crippen LogP contribution in [-0.2, 0) is 0 Å². The summed E-state index contributed by atoms with van der Waals surface area (Å²) in [4.78, 5) is 2.19. The number of anilines is 2. The van der Waals surface area contributed by atoms with E-state index in [4.69, 9.17) is 11.6 Å². The largest absolute Gasteiger partial charge is 0.303 e. The molecule has 2 heterocycles. The number of hydrogen-bond acceptors (Lipinski definition) is 4. The molecule has 0 N–H and O–H groups in total. The summed E-state index contributed by atoms with van der Waals surface area (Å²) in [6.07, 6.45) is 5.82. The van der Waals surface area contributed by atoms with Crippen LogP contribution in [0.1, 0.15) is 5.82 Å². The molecule has 0 fully saturated rings. The van der Waals surface area contributed by atoms with E-state index in [1.165, 1.54) is 0 Å². The summed E-state index contributed by atoms with van der Waals surface area (Å²) in [6, 6.07) is 16.1. The topological polar surface area (TPSA) is 34.0 Å². The molecule has 2 aromatic carbocycles. The summed E-state index contributed by atoms with van der Waals surface area (Å²) in [6.45, 7) is 0. The lowest BCUT2D eigenvalue weighted by molar-refractivity contribution is 1.04. The lowest BCUT2D eigenvalue weighted by Crippen LogP contribution is -2.14. The first kappa shape index (κ1) is 14.4. The van der Waals surface area contributed by atoms with Crippen molar-refractivity contribution in [3.63, 3.8) is 0 Å². The van der Waals surface area contributed by atoms with Gasteiger partial charge in [0.25, 0.3) is 0 Å². The maximum absolute atomic E-state index is 6.28. The van der Waals surface area contributed by atoms with Gasteiger partial charge in [0.1, 0.15) is 6.33 Å². The van der Waals surface area contributed by atoms with E-state index in [0.717, 1.165) is 27.9 Å². The van der Waals surface area contributed by atoms with Crippen molar-refractivity contribution in [3.8, 4) is 5.69 Å². The molecular weight excluding hydrogens is 328 g/mol. The summed E-state index contributed by atoms with van der Waals surface area (Å²) < 4.78 is 1.98. The molecule has 23 heavy (non-hydrogen) atoms. The highest BCUT2D eigenvalue weighted by Crippen LogP contribution is 2.41. The molecule has 114 valence electrons. The first-order valence-corrected chi connectivity index (χ1v) is 8.69. The normalized spacial score (nSPS) is 13.1.